The molecule has 3 heterocycles. The molecule has 2 aromatic heterocycles. The highest BCUT2D eigenvalue weighted by Gasteiger charge is 2.26. The van der Waals surface area contributed by atoms with Gasteiger partial charge in [0.05, 0.1) is 10.9 Å². The maximum Gasteiger partial charge on any atom is 0.275 e. The van der Waals surface area contributed by atoms with Crippen LogP contribution in [0.1, 0.15) is 23.6 Å². The van der Waals surface area contributed by atoms with Gasteiger partial charge in [-0.25, -0.2) is 0 Å². The van der Waals surface area contributed by atoms with Crippen LogP contribution in [0.4, 0.5) is 0 Å². The average molecular weight is 386 g/mol. The van der Waals surface area contributed by atoms with Crippen molar-refractivity contribution in [3.8, 4) is 0 Å². The maximum atomic E-state index is 12.5. The number of carbonyl (C=O) groups excluding carboxylic acids is 1. The van der Waals surface area contributed by atoms with Gasteiger partial charge >= 0.3 is 0 Å². The summed E-state index contributed by atoms with van der Waals surface area (Å²) in [5.41, 5.74) is 0.865. The number of hydrogen-bond donors (Lipinski definition) is 3. The molecule has 1 aliphatic heterocycles. The van der Waals surface area contributed by atoms with Gasteiger partial charge < -0.3 is 19.5 Å². The van der Waals surface area contributed by atoms with E-state index in [1.54, 1.807) is 4.90 Å². The Balaban J connectivity index is 1.24. The van der Waals surface area contributed by atoms with Gasteiger partial charge in [-0.05, 0) is 30.5 Å². The van der Waals surface area contributed by atoms with Gasteiger partial charge in [0.1, 0.15) is 44.1 Å². The summed E-state index contributed by atoms with van der Waals surface area (Å²) in [6.07, 6.45) is 0. The zero-order chi connectivity index (χ0) is 18.6. The van der Waals surface area contributed by atoms with Crippen molar-refractivity contribution in [1.29, 1.82) is 0 Å². The van der Waals surface area contributed by atoms with Gasteiger partial charge in [0.15, 0.2) is 6.54 Å². The molecular formula is C21H27N3O2S+2. The number of nitrogens with one attached hydrogen (secondary N) is 3. The van der Waals surface area contributed by atoms with Gasteiger partial charge in [0, 0.05) is 5.39 Å². The summed E-state index contributed by atoms with van der Waals surface area (Å²) >= 11 is 1.83. The quantitative estimate of drug-likeness (QED) is 0.584. The summed E-state index contributed by atoms with van der Waals surface area (Å²) in [4.78, 5) is 16.9. The van der Waals surface area contributed by atoms with Crippen LogP contribution in [0.5, 0.6) is 0 Å². The first-order chi connectivity index (χ1) is 13.2. The Labute approximate surface area is 163 Å². The molecule has 1 atom stereocenters. The maximum absolute atomic E-state index is 12.5. The second-order valence-corrected chi connectivity index (χ2v) is 8.44. The van der Waals surface area contributed by atoms with E-state index in [4.69, 9.17) is 4.42 Å². The molecule has 5 nitrogen and oxygen atoms in total. The topological polar surface area (TPSA) is 51.1 Å². The van der Waals surface area contributed by atoms with Crippen LogP contribution in [0.25, 0.3) is 11.0 Å². The van der Waals surface area contributed by atoms with Crippen LogP contribution in [-0.2, 0) is 11.3 Å². The summed E-state index contributed by atoms with van der Waals surface area (Å²) in [7, 11) is 0. The number of hydrogen-bond acceptors (Lipinski definition) is 3. The third-order valence-electron chi connectivity index (χ3n) is 5.33. The molecule has 142 valence electrons. The Morgan fingerprint density at radius 1 is 1.15 bits per heavy atom. The fraction of sp³-hybridized carbons (Fsp3) is 0.381. The third kappa shape index (κ3) is 4.58. The van der Waals surface area contributed by atoms with Crippen molar-refractivity contribution < 1.29 is 19.0 Å². The predicted molar refractivity (Wildman–Crippen MR) is 107 cm³/mol. The fourth-order valence-corrected chi connectivity index (χ4v) is 4.55. The predicted octanol–water partition coefficient (Wildman–Crippen LogP) is 0.655. The highest BCUT2D eigenvalue weighted by atomic mass is 32.1. The Bertz CT molecular complexity index is 849. The minimum Gasteiger partial charge on any atom is -0.459 e. The monoisotopic (exact) mass is 385 g/mol. The fourth-order valence-electron chi connectivity index (χ4n) is 3.78. The lowest BCUT2D eigenvalue weighted by Gasteiger charge is -2.29. The van der Waals surface area contributed by atoms with Crippen molar-refractivity contribution in [1.82, 2.24) is 5.32 Å². The second-order valence-electron chi connectivity index (χ2n) is 7.41. The minimum absolute atomic E-state index is 0.0969. The molecule has 0 radical (unpaired) electrons. The summed E-state index contributed by atoms with van der Waals surface area (Å²) in [6.45, 7) is 7.98. The number of benzene rings is 1. The molecule has 0 aliphatic carbocycles. The van der Waals surface area contributed by atoms with Crippen LogP contribution in [0.3, 0.4) is 0 Å². The zero-order valence-corrected chi connectivity index (χ0v) is 16.5. The van der Waals surface area contributed by atoms with Gasteiger partial charge in [0.25, 0.3) is 5.91 Å². The lowest BCUT2D eigenvalue weighted by Crippen LogP contribution is -3.28. The van der Waals surface area contributed by atoms with Gasteiger partial charge in [-0.1, -0.05) is 24.3 Å². The number of fused-ring (bicyclic) bond motifs is 1. The number of para-hydroxylation sites is 1. The molecule has 0 unspecified atom stereocenters. The molecule has 3 aromatic rings. The van der Waals surface area contributed by atoms with Crippen molar-refractivity contribution in [3.05, 3.63) is 58.5 Å². The van der Waals surface area contributed by atoms with Crippen molar-refractivity contribution in [2.75, 3.05) is 32.7 Å². The highest BCUT2D eigenvalue weighted by Crippen LogP contribution is 2.23. The molecule has 1 amide bonds. The number of carbonyl (C=O) groups is 1. The largest absolute Gasteiger partial charge is 0.459 e. The summed E-state index contributed by atoms with van der Waals surface area (Å²) in [5, 5.41) is 6.31. The van der Waals surface area contributed by atoms with Gasteiger partial charge in [-0.15, -0.1) is 11.3 Å². The van der Waals surface area contributed by atoms with E-state index in [0.29, 0.717) is 6.54 Å². The second kappa shape index (κ2) is 8.25. The van der Waals surface area contributed by atoms with E-state index in [0.717, 1.165) is 49.5 Å². The molecule has 4 rings (SSSR count). The summed E-state index contributed by atoms with van der Waals surface area (Å²) < 4.78 is 5.86. The van der Waals surface area contributed by atoms with Gasteiger partial charge in [-0.3, -0.25) is 4.79 Å². The number of thiophene rings is 1. The minimum atomic E-state index is -0.116. The van der Waals surface area contributed by atoms with E-state index in [2.05, 4.69) is 22.8 Å². The molecule has 3 N–H and O–H groups in total. The third-order valence-corrected chi connectivity index (χ3v) is 6.20. The van der Waals surface area contributed by atoms with Crippen molar-refractivity contribution >= 4 is 28.2 Å². The number of quaternary nitrogens is 2. The molecule has 1 aliphatic rings. The normalized spacial score (nSPS) is 21.2. The van der Waals surface area contributed by atoms with Gasteiger partial charge in [-0.2, -0.15) is 0 Å². The van der Waals surface area contributed by atoms with E-state index in [9.17, 15) is 4.79 Å². The molecule has 0 saturated carbocycles. The molecule has 0 bridgehead atoms. The van der Waals surface area contributed by atoms with Crippen LogP contribution in [-0.4, -0.2) is 38.6 Å². The Hall–Kier alpha value is -2.15. The summed E-state index contributed by atoms with van der Waals surface area (Å²) in [5.74, 6) is 0.907. The zero-order valence-electron chi connectivity index (χ0n) is 15.7. The lowest BCUT2D eigenvalue weighted by molar-refractivity contribution is -1.01. The van der Waals surface area contributed by atoms with E-state index in [1.807, 2.05) is 48.6 Å². The molecule has 6 heteroatoms. The molecule has 1 fully saturated rings. The Morgan fingerprint density at radius 3 is 2.67 bits per heavy atom. The number of rotatable bonds is 6. The van der Waals surface area contributed by atoms with Crippen molar-refractivity contribution in [3.63, 3.8) is 0 Å². The van der Waals surface area contributed by atoms with Crippen LogP contribution < -0.4 is 15.1 Å². The molecule has 0 spiro atoms. The number of furan rings is 1. The first-order valence-electron chi connectivity index (χ1n) is 9.65. The molecular weight excluding hydrogens is 358 g/mol. The average Bonchev–Trinajstić information content (AvgIpc) is 3.32. The first-order valence-corrected chi connectivity index (χ1v) is 10.5. The van der Waals surface area contributed by atoms with E-state index >= 15 is 0 Å². The Morgan fingerprint density at radius 2 is 1.93 bits per heavy atom. The number of piperazine rings is 1. The standard InChI is InChI=1S/C21H25N3O2S/c1-16(20-13-17-5-2-3-7-19(17)26-20)22-21(25)15-24-10-8-23(9-11-24)14-18-6-4-12-27-18/h2-7,12-13,16H,8-11,14-15H2,1H3,(H,22,25)/p+2/t16-/m0/s1. The van der Waals surface area contributed by atoms with Crippen LogP contribution in [0, 0.1) is 0 Å². The van der Waals surface area contributed by atoms with Crippen LogP contribution in [0.15, 0.2) is 52.3 Å². The van der Waals surface area contributed by atoms with Crippen molar-refractivity contribution in [2.45, 2.75) is 19.5 Å². The highest BCUT2D eigenvalue weighted by molar-refractivity contribution is 7.09. The smallest absolute Gasteiger partial charge is 0.275 e. The van der Waals surface area contributed by atoms with E-state index in [1.165, 1.54) is 9.78 Å². The molecule has 1 saturated heterocycles. The van der Waals surface area contributed by atoms with Gasteiger partial charge in [0.2, 0.25) is 0 Å². The molecule has 1 aromatic carbocycles. The van der Waals surface area contributed by atoms with E-state index < -0.39 is 0 Å². The van der Waals surface area contributed by atoms with Crippen LogP contribution in [0.2, 0.25) is 0 Å². The SMILES string of the molecule is C[C@H](NC(=O)C[NH+]1CC[NH+](Cc2cccs2)CC1)c1cc2ccccc2o1. The molecule has 27 heavy (non-hydrogen) atoms. The lowest BCUT2D eigenvalue weighted by atomic mass is 10.2. The Kier molecular flexibility index (Phi) is 5.57. The first kappa shape index (κ1) is 18.2. The van der Waals surface area contributed by atoms with Crippen molar-refractivity contribution in [2.24, 2.45) is 0 Å². The van der Waals surface area contributed by atoms with E-state index in [-0.39, 0.29) is 11.9 Å². The summed E-state index contributed by atoms with van der Waals surface area (Å²) in [6, 6.07) is 14.2. The number of amides is 1. The van der Waals surface area contributed by atoms with Crippen LogP contribution >= 0.6 is 11.3 Å².